The molecule has 0 aliphatic carbocycles. The van der Waals surface area contributed by atoms with Crippen LogP contribution in [0.4, 0.5) is 0 Å². The minimum atomic E-state index is 0. The molecule has 1 aromatic heterocycles. The summed E-state index contributed by atoms with van der Waals surface area (Å²) in [5.74, 6) is 0.505. The molecule has 1 radical (unpaired) electrons. The monoisotopic (exact) mass is 592 g/mol. The van der Waals surface area contributed by atoms with E-state index in [9.17, 15) is 0 Å². The second-order valence-electron chi connectivity index (χ2n) is 2.07. The van der Waals surface area contributed by atoms with Crippen LogP contribution in [0.25, 0.3) is 0 Å². The van der Waals surface area contributed by atoms with Crippen LogP contribution < -0.4 is 5.10 Å². The van der Waals surface area contributed by atoms with Crippen molar-refractivity contribution < 1.29 is 20.4 Å². The third-order valence-corrected chi connectivity index (χ3v) is 1.06. The first-order valence-electron chi connectivity index (χ1n) is 3.66. The SMILES string of the molecule is CC.CC(C)c1[c-]n[n-]c1.[Re].[Rf]. The molecule has 0 unspecified atom stereocenters. The van der Waals surface area contributed by atoms with Crippen LogP contribution in [0.15, 0.2) is 6.20 Å². The van der Waals surface area contributed by atoms with Gasteiger partial charge in [0.2, 0.25) is 0 Å². The van der Waals surface area contributed by atoms with E-state index in [1.165, 1.54) is 0 Å². The Hall–Kier alpha value is -1.13. The molecule has 12 heavy (non-hydrogen) atoms. The first-order chi connectivity index (χ1) is 4.80. The summed E-state index contributed by atoms with van der Waals surface area (Å²) in [6.07, 6.45) is 4.52. The van der Waals surface area contributed by atoms with Crippen LogP contribution >= 0.6 is 0 Å². The first kappa shape index (κ1) is 17.1. The Morgan fingerprint density at radius 2 is 1.92 bits per heavy atom. The van der Waals surface area contributed by atoms with Crippen LogP contribution in [0.3, 0.4) is 0 Å². The van der Waals surface area contributed by atoms with Gasteiger partial charge in [0.1, 0.15) is 0 Å². The molecule has 0 atom stereocenters. The smallest absolute Gasteiger partial charge is 0 e. The van der Waals surface area contributed by atoms with E-state index >= 15 is 0 Å². The maximum Gasteiger partial charge on any atom is 0 e. The summed E-state index contributed by atoms with van der Waals surface area (Å²) in [5.41, 5.74) is 1.09. The average Bonchev–Trinajstić information content (AvgIpc) is 2.42. The summed E-state index contributed by atoms with van der Waals surface area (Å²) in [6, 6.07) is 0. The average molecular weight is 591 g/mol. The Morgan fingerprint density at radius 1 is 1.42 bits per heavy atom. The van der Waals surface area contributed by atoms with Crippen LogP contribution in [0.5, 0.6) is 0 Å². The Morgan fingerprint density at radius 3 is 2.08 bits per heavy atom. The quantitative estimate of drug-likeness (QED) is 0.468. The van der Waals surface area contributed by atoms with Crippen LogP contribution in [-0.2, 0) is 20.4 Å². The van der Waals surface area contributed by atoms with Gasteiger partial charge >= 0.3 is 0 Å². The summed E-state index contributed by atoms with van der Waals surface area (Å²) < 4.78 is 0. The molecular formula is C8H14N2ReRf-2. The van der Waals surface area contributed by atoms with Crippen molar-refractivity contribution >= 4 is 0 Å². The van der Waals surface area contributed by atoms with Crippen LogP contribution in [0.2, 0.25) is 0 Å². The van der Waals surface area contributed by atoms with E-state index in [1.54, 1.807) is 6.20 Å². The molecule has 0 aliphatic heterocycles. The molecule has 67 valence electrons. The van der Waals surface area contributed by atoms with Crippen molar-refractivity contribution in [2.75, 3.05) is 0 Å². The van der Waals surface area contributed by atoms with E-state index in [2.05, 4.69) is 30.2 Å². The minimum Gasteiger partial charge on any atom is -0.686 e. The molecule has 0 saturated heterocycles. The predicted octanol–water partition coefficient (Wildman–Crippen LogP) is 1.99. The zero-order chi connectivity index (χ0) is 7.98. The standard InChI is InChI=1S/C6H8N2.C2H6.Re.Rf/c1-5(2)6-3-7-8-4-6;1-2;;/h3,5H,1-2H3;1-2H3;;/q-2;;;. The summed E-state index contributed by atoms with van der Waals surface area (Å²) in [6.45, 7) is 8.18. The van der Waals surface area contributed by atoms with Crippen molar-refractivity contribution in [2.45, 2.75) is 33.6 Å². The number of hydrogen-bond acceptors (Lipinski definition) is 1. The number of nitrogens with zero attached hydrogens (tertiary/aromatic N) is 2. The molecule has 2 nitrogen and oxygen atoms in total. The molecule has 0 aromatic carbocycles. The van der Waals surface area contributed by atoms with Gasteiger partial charge in [-0.15, -0.1) is 0 Å². The van der Waals surface area contributed by atoms with Gasteiger partial charge in [0.05, 0.1) is 0 Å². The Kier molecular flexibility index (Phi) is 14.1. The number of aromatic nitrogens is 2. The van der Waals surface area contributed by atoms with E-state index in [1.807, 2.05) is 13.8 Å². The van der Waals surface area contributed by atoms with Gasteiger partial charge in [0, 0.05) is 20.4 Å². The minimum absolute atomic E-state index is 0. The van der Waals surface area contributed by atoms with Gasteiger partial charge in [-0.3, -0.25) is 0 Å². The van der Waals surface area contributed by atoms with Gasteiger partial charge in [-0.1, -0.05) is 33.6 Å². The molecule has 1 aromatic rings. The van der Waals surface area contributed by atoms with Crippen LogP contribution in [0.1, 0.15) is 39.2 Å². The van der Waals surface area contributed by atoms with E-state index < -0.39 is 0 Å². The zero-order valence-corrected chi connectivity index (χ0v) is 17.2. The molecule has 1 rings (SSSR count). The van der Waals surface area contributed by atoms with Crippen molar-refractivity contribution in [2.24, 2.45) is 0 Å². The summed E-state index contributed by atoms with van der Waals surface area (Å²) >= 11 is 0. The fraction of sp³-hybridized carbons (Fsp3) is 0.625. The molecule has 0 N–H and O–H groups in total. The third kappa shape index (κ3) is 5.64. The van der Waals surface area contributed by atoms with Gasteiger partial charge in [-0.2, -0.15) is 6.20 Å². The molecule has 0 spiro atoms. The van der Waals surface area contributed by atoms with Crippen molar-refractivity contribution in [1.29, 1.82) is 0 Å². The summed E-state index contributed by atoms with van der Waals surface area (Å²) in [5, 5.41) is 7.21. The fourth-order valence-corrected chi connectivity index (χ4v) is 0.485. The molecule has 0 aliphatic rings. The van der Waals surface area contributed by atoms with E-state index in [4.69, 9.17) is 0 Å². The first-order valence-corrected chi connectivity index (χ1v) is 3.66. The fourth-order valence-electron chi connectivity index (χ4n) is 0.485. The van der Waals surface area contributed by atoms with Gasteiger partial charge in [-0.05, 0) is 0 Å². The second kappa shape index (κ2) is 9.87. The van der Waals surface area contributed by atoms with Crippen LogP contribution in [-0.4, -0.2) is 5.10 Å². The Balaban J connectivity index is -0.000000189. The van der Waals surface area contributed by atoms with Crippen LogP contribution in [0, 0.1) is 6.20 Å². The van der Waals surface area contributed by atoms with Gasteiger partial charge in [-0.25, -0.2) is 5.56 Å². The summed E-state index contributed by atoms with van der Waals surface area (Å²) in [4.78, 5) is 0. The van der Waals surface area contributed by atoms with Gasteiger partial charge in [0.25, 0.3) is 0 Å². The molecular weight excluding hydrogens is 577 g/mol. The molecule has 0 fully saturated rings. The van der Waals surface area contributed by atoms with Crippen molar-refractivity contribution in [3.05, 3.63) is 18.0 Å². The van der Waals surface area contributed by atoms with Gasteiger partial charge in [0.15, 0.2) is 0 Å². The largest absolute Gasteiger partial charge is 0.686 e. The number of hydrogen-bond donors (Lipinski definition) is 0. The zero-order valence-electron chi connectivity index (χ0n) is 8.13. The van der Waals surface area contributed by atoms with E-state index in [0.717, 1.165) is 5.56 Å². The summed E-state index contributed by atoms with van der Waals surface area (Å²) in [7, 11) is 0. The molecule has 0 bridgehead atoms. The van der Waals surface area contributed by atoms with Crippen molar-refractivity contribution in [3.8, 4) is 0 Å². The molecule has 1 heterocycles. The third-order valence-electron chi connectivity index (χ3n) is 1.06. The molecule has 4 heteroatoms. The van der Waals surface area contributed by atoms with Gasteiger partial charge < -0.3 is 16.4 Å². The Labute approximate surface area is 82.4 Å². The van der Waals surface area contributed by atoms with Crippen molar-refractivity contribution in [1.82, 2.24) is 10.2 Å². The second-order valence-corrected chi connectivity index (χ2v) is 2.07. The topological polar surface area (TPSA) is 27.0 Å². The maximum atomic E-state index is 3.64. The predicted molar refractivity (Wildman–Crippen MR) is 41.8 cm³/mol. The van der Waals surface area contributed by atoms with Crippen molar-refractivity contribution in [3.63, 3.8) is 0 Å². The normalized spacial score (nSPS) is 7.42. The van der Waals surface area contributed by atoms with E-state index in [0.29, 0.717) is 5.92 Å². The Bertz CT molecular complexity index is 152. The number of rotatable bonds is 1. The molecule has 0 saturated carbocycles. The van der Waals surface area contributed by atoms with E-state index in [-0.39, 0.29) is 20.4 Å². The maximum absolute atomic E-state index is 3.64. The molecule has 0 amide bonds.